The number of aryl methyl sites for hydroxylation is 1. The van der Waals surface area contributed by atoms with E-state index >= 15 is 0 Å². The predicted molar refractivity (Wildman–Crippen MR) is 120 cm³/mol. The SMILES string of the molecule is CCCN1Cc2c(NCc3ccc(C)cc3)nc(N3CCN(C(C)=O)CC3)nc2C1=O. The fraction of sp³-hybridized carbons (Fsp3) is 0.478. The minimum absolute atomic E-state index is 0.0266. The fourth-order valence-corrected chi connectivity index (χ4v) is 4.06. The zero-order chi connectivity index (χ0) is 22.0. The number of fused-ring (bicyclic) bond motifs is 1. The highest BCUT2D eigenvalue weighted by atomic mass is 16.2. The molecule has 0 atom stereocenters. The lowest BCUT2D eigenvalue weighted by Crippen LogP contribution is -2.48. The van der Waals surface area contributed by atoms with Crippen molar-refractivity contribution >= 4 is 23.6 Å². The van der Waals surface area contributed by atoms with Crippen LogP contribution in [0.1, 0.15) is 47.4 Å². The van der Waals surface area contributed by atoms with Crippen LogP contribution in [0.2, 0.25) is 0 Å². The van der Waals surface area contributed by atoms with Crippen molar-refractivity contribution < 1.29 is 9.59 Å². The third-order valence-electron chi connectivity index (χ3n) is 5.92. The summed E-state index contributed by atoms with van der Waals surface area (Å²) in [7, 11) is 0. The molecule has 1 aromatic carbocycles. The smallest absolute Gasteiger partial charge is 0.273 e. The van der Waals surface area contributed by atoms with Crippen LogP contribution in [-0.2, 0) is 17.9 Å². The minimum atomic E-state index is -0.0266. The Morgan fingerprint density at radius 3 is 2.45 bits per heavy atom. The molecule has 31 heavy (non-hydrogen) atoms. The Labute approximate surface area is 183 Å². The van der Waals surface area contributed by atoms with Crippen LogP contribution in [-0.4, -0.2) is 64.3 Å². The maximum Gasteiger partial charge on any atom is 0.273 e. The summed E-state index contributed by atoms with van der Waals surface area (Å²) in [5.74, 6) is 1.34. The van der Waals surface area contributed by atoms with E-state index in [4.69, 9.17) is 4.98 Å². The van der Waals surface area contributed by atoms with E-state index < -0.39 is 0 Å². The molecule has 0 aliphatic carbocycles. The predicted octanol–water partition coefficient (Wildman–Crippen LogP) is 2.43. The van der Waals surface area contributed by atoms with Crippen molar-refractivity contribution in [1.29, 1.82) is 0 Å². The first-order chi connectivity index (χ1) is 15.0. The minimum Gasteiger partial charge on any atom is -0.366 e. The molecule has 8 nitrogen and oxygen atoms in total. The molecular formula is C23H30N6O2. The summed E-state index contributed by atoms with van der Waals surface area (Å²) >= 11 is 0. The van der Waals surface area contributed by atoms with Crippen LogP contribution in [0.5, 0.6) is 0 Å². The molecule has 0 bridgehead atoms. The van der Waals surface area contributed by atoms with E-state index in [1.807, 2.05) is 9.80 Å². The highest BCUT2D eigenvalue weighted by molar-refractivity contribution is 5.98. The van der Waals surface area contributed by atoms with E-state index in [2.05, 4.69) is 53.3 Å². The van der Waals surface area contributed by atoms with Gasteiger partial charge in [-0.1, -0.05) is 36.8 Å². The molecule has 0 unspecified atom stereocenters. The first-order valence-corrected chi connectivity index (χ1v) is 11.0. The molecule has 1 saturated heterocycles. The van der Waals surface area contributed by atoms with Gasteiger partial charge >= 0.3 is 0 Å². The number of aromatic nitrogens is 2. The van der Waals surface area contributed by atoms with Crippen molar-refractivity contribution in [2.45, 2.75) is 40.3 Å². The van der Waals surface area contributed by atoms with E-state index in [1.54, 1.807) is 6.92 Å². The lowest BCUT2D eigenvalue weighted by atomic mass is 10.1. The Morgan fingerprint density at radius 1 is 1.10 bits per heavy atom. The molecule has 8 heteroatoms. The molecule has 0 radical (unpaired) electrons. The molecular weight excluding hydrogens is 392 g/mol. The van der Waals surface area contributed by atoms with Gasteiger partial charge in [-0.25, -0.2) is 4.98 Å². The number of piperazine rings is 1. The van der Waals surface area contributed by atoms with Gasteiger partial charge in [0, 0.05) is 51.8 Å². The van der Waals surface area contributed by atoms with Gasteiger partial charge in [0.2, 0.25) is 11.9 Å². The molecule has 2 aliphatic rings. The summed E-state index contributed by atoms with van der Waals surface area (Å²) < 4.78 is 0. The van der Waals surface area contributed by atoms with Crippen LogP contribution >= 0.6 is 0 Å². The van der Waals surface area contributed by atoms with Gasteiger partial charge in [-0.3, -0.25) is 9.59 Å². The zero-order valence-corrected chi connectivity index (χ0v) is 18.5. The van der Waals surface area contributed by atoms with Crippen LogP contribution in [0, 0.1) is 6.92 Å². The van der Waals surface area contributed by atoms with Crippen molar-refractivity contribution in [1.82, 2.24) is 19.8 Å². The third-order valence-corrected chi connectivity index (χ3v) is 5.92. The topological polar surface area (TPSA) is 81.7 Å². The van der Waals surface area contributed by atoms with Gasteiger partial charge in [0.05, 0.1) is 6.54 Å². The number of benzene rings is 1. The number of nitrogens with one attached hydrogen (secondary N) is 1. The number of carbonyl (C=O) groups excluding carboxylic acids is 2. The second-order valence-corrected chi connectivity index (χ2v) is 8.26. The van der Waals surface area contributed by atoms with Crippen molar-refractivity contribution in [2.24, 2.45) is 0 Å². The molecule has 1 aromatic heterocycles. The lowest BCUT2D eigenvalue weighted by molar-refractivity contribution is -0.129. The number of rotatable bonds is 6. The van der Waals surface area contributed by atoms with Crippen molar-refractivity contribution in [3.63, 3.8) is 0 Å². The average molecular weight is 423 g/mol. The van der Waals surface area contributed by atoms with Gasteiger partial charge < -0.3 is 20.0 Å². The Bertz CT molecular complexity index is 967. The van der Waals surface area contributed by atoms with E-state index in [-0.39, 0.29) is 11.8 Å². The number of hydrogen-bond acceptors (Lipinski definition) is 6. The summed E-state index contributed by atoms with van der Waals surface area (Å²) in [4.78, 5) is 39.8. The summed E-state index contributed by atoms with van der Waals surface area (Å²) in [5.41, 5.74) is 3.75. The maximum absolute atomic E-state index is 13.0. The first kappa shape index (κ1) is 21.1. The normalized spacial score (nSPS) is 16.0. The van der Waals surface area contributed by atoms with Gasteiger partial charge in [0.15, 0.2) is 0 Å². The number of hydrogen-bond donors (Lipinski definition) is 1. The van der Waals surface area contributed by atoms with Crippen LogP contribution in [0.15, 0.2) is 24.3 Å². The summed E-state index contributed by atoms with van der Waals surface area (Å²) in [5, 5.41) is 3.45. The molecule has 1 fully saturated rings. The molecule has 2 amide bonds. The van der Waals surface area contributed by atoms with E-state index in [0.29, 0.717) is 57.5 Å². The standard InChI is InChI=1S/C23H30N6O2/c1-4-9-29-15-19-20(22(29)31)25-23(28-12-10-27(11-13-28)17(3)30)26-21(19)24-14-18-7-5-16(2)6-8-18/h5-8H,4,9-15H2,1-3H3,(H,24,25,26). The maximum atomic E-state index is 13.0. The molecule has 0 saturated carbocycles. The van der Waals surface area contributed by atoms with E-state index in [9.17, 15) is 9.59 Å². The molecule has 164 valence electrons. The highest BCUT2D eigenvalue weighted by Crippen LogP contribution is 2.30. The summed E-state index contributed by atoms with van der Waals surface area (Å²) in [6, 6.07) is 8.38. The Balaban J connectivity index is 1.60. The Kier molecular flexibility index (Phi) is 6.06. The van der Waals surface area contributed by atoms with Crippen molar-refractivity contribution in [3.8, 4) is 0 Å². The summed E-state index contributed by atoms with van der Waals surface area (Å²) in [6.07, 6.45) is 0.902. The highest BCUT2D eigenvalue weighted by Gasteiger charge is 2.33. The second kappa shape index (κ2) is 8.91. The number of anilines is 2. The van der Waals surface area contributed by atoms with Crippen LogP contribution < -0.4 is 10.2 Å². The van der Waals surface area contributed by atoms with Gasteiger partial charge in [0.1, 0.15) is 11.5 Å². The average Bonchev–Trinajstić information content (AvgIpc) is 3.09. The fourth-order valence-electron chi connectivity index (χ4n) is 4.06. The van der Waals surface area contributed by atoms with Crippen LogP contribution in [0.25, 0.3) is 0 Å². The van der Waals surface area contributed by atoms with E-state index in [1.165, 1.54) is 5.56 Å². The molecule has 3 heterocycles. The van der Waals surface area contributed by atoms with E-state index in [0.717, 1.165) is 23.4 Å². The van der Waals surface area contributed by atoms with Crippen LogP contribution in [0.3, 0.4) is 0 Å². The largest absolute Gasteiger partial charge is 0.366 e. The Morgan fingerprint density at radius 2 is 1.81 bits per heavy atom. The van der Waals surface area contributed by atoms with Gasteiger partial charge in [-0.05, 0) is 18.9 Å². The molecule has 0 spiro atoms. The Hall–Kier alpha value is -3.16. The van der Waals surface area contributed by atoms with Crippen molar-refractivity contribution in [3.05, 3.63) is 46.6 Å². The molecule has 2 aromatic rings. The monoisotopic (exact) mass is 422 g/mol. The second-order valence-electron chi connectivity index (χ2n) is 8.26. The van der Waals surface area contributed by atoms with Gasteiger partial charge in [-0.15, -0.1) is 0 Å². The number of amides is 2. The quantitative estimate of drug-likeness (QED) is 0.770. The zero-order valence-electron chi connectivity index (χ0n) is 18.5. The first-order valence-electron chi connectivity index (χ1n) is 11.0. The van der Waals surface area contributed by atoms with Gasteiger partial charge in [0.25, 0.3) is 5.91 Å². The summed E-state index contributed by atoms with van der Waals surface area (Å²) in [6.45, 7) is 10.2. The molecule has 4 rings (SSSR count). The third kappa shape index (κ3) is 4.47. The molecule has 1 N–H and O–H groups in total. The molecule has 2 aliphatic heterocycles. The van der Waals surface area contributed by atoms with Crippen LogP contribution in [0.4, 0.5) is 11.8 Å². The lowest BCUT2D eigenvalue weighted by Gasteiger charge is -2.34. The number of carbonyl (C=O) groups is 2. The van der Waals surface area contributed by atoms with Crippen molar-refractivity contribution in [2.75, 3.05) is 42.9 Å². The number of nitrogens with zero attached hydrogens (tertiary/aromatic N) is 5. The van der Waals surface area contributed by atoms with Gasteiger partial charge in [-0.2, -0.15) is 4.98 Å².